The number of ketones is 1. The Kier molecular flexibility index (Phi) is 4.07. The summed E-state index contributed by atoms with van der Waals surface area (Å²) in [5.74, 6) is -1.74. The Hall–Kier alpha value is -2.57. The highest BCUT2D eigenvalue weighted by Gasteiger charge is 2.64. The Bertz CT molecular complexity index is 1020. The molecule has 3 heterocycles. The first-order valence-corrected chi connectivity index (χ1v) is 10.0. The fraction of sp³-hybridized carbons (Fsp3) is 0.227. The molecule has 2 aromatic carbocycles. The van der Waals surface area contributed by atoms with Crippen molar-refractivity contribution >= 4 is 39.2 Å². The van der Waals surface area contributed by atoms with Crippen molar-refractivity contribution in [1.82, 2.24) is 4.90 Å². The molecule has 3 aliphatic rings. The van der Waals surface area contributed by atoms with Crippen LogP contribution in [0.2, 0.25) is 0 Å². The van der Waals surface area contributed by atoms with E-state index in [0.29, 0.717) is 12.2 Å². The van der Waals surface area contributed by atoms with Crippen molar-refractivity contribution in [1.29, 1.82) is 0 Å². The summed E-state index contributed by atoms with van der Waals surface area (Å²) in [5, 5.41) is 0. The van der Waals surface area contributed by atoms with Gasteiger partial charge in [0.25, 0.3) is 0 Å². The van der Waals surface area contributed by atoms with Crippen LogP contribution >= 0.6 is 15.9 Å². The molecule has 0 aliphatic carbocycles. The minimum Gasteiger partial charge on any atom is -0.293 e. The molecular formula is C22H17BrN2O3. The van der Waals surface area contributed by atoms with Gasteiger partial charge in [-0.15, -0.1) is 0 Å². The largest absolute Gasteiger partial charge is 0.293 e. The highest BCUT2D eigenvalue weighted by atomic mass is 79.9. The molecular weight excluding hydrogens is 420 g/mol. The van der Waals surface area contributed by atoms with E-state index in [1.807, 2.05) is 35.2 Å². The van der Waals surface area contributed by atoms with E-state index in [0.717, 1.165) is 10.0 Å². The molecule has 1 unspecified atom stereocenters. The van der Waals surface area contributed by atoms with E-state index in [4.69, 9.17) is 0 Å². The SMILES string of the molecule is O=C1C=C[C@H]2[C@@H]3C(=O)N(c4ccccc4)C(=O)C3[C@@H]1N2Cc1cccc(Br)c1. The summed E-state index contributed by atoms with van der Waals surface area (Å²) < 4.78 is 0.957. The first-order valence-electron chi connectivity index (χ1n) is 9.21. The van der Waals surface area contributed by atoms with Gasteiger partial charge in [0, 0.05) is 17.1 Å². The predicted molar refractivity (Wildman–Crippen MR) is 107 cm³/mol. The van der Waals surface area contributed by atoms with Crippen molar-refractivity contribution in [3.05, 3.63) is 76.8 Å². The molecule has 0 spiro atoms. The number of anilines is 1. The Labute approximate surface area is 170 Å². The third-order valence-corrected chi connectivity index (χ3v) is 6.36. The summed E-state index contributed by atoms with van der Waals surface area (Å²) in [4.78, 5) is 42.5. The molecule has 5 rings (SSSR count). The van der Waals surface area contributed by atoms with Crippen LogP contribution in [0.15, 0.2) is 71.2 Å². The van der Waals surface area contributed by atoms with Crippen LogP contribution in [0.1, 0.15) is 5.56 Å². The third-order valence-electron chi connectivity index (χ3n) is 5.86. The summed E-state index contributed by atoms with van der Waals surface area (Å²) >= 11 is 3.47. The van der Waals surface area contributed by atoms with Crippen LogP contribution in [0, 0.1) is 11.8 Å². The molecule has 4 atom stereocenters. The number of carbonyl (C=O) groups excluding carboxylic acids is 3. The molecule has 28 heavy (non-hydrogen) atoms. The van der Waals surface area contributed by atoms with Gasteiger partial charge in [0.1, 0.15) is 0 Å². The molecule has 2 saturated heterocycles. The molecule has 140 valence electrons. The topological polar surface area (TPSA) is 57.7 Å². The van der Waals surface area contributed by atoms with E-state index < -0.39 is 17.9 Å². The summed E-state index contributed by atoms with van der Waals surface area (Å²) in [6.07, 6.45) is 3.33. The lowest BCUT2D eigenvalue weighted by atomic mass is 9.90. The van der Waals surface area contributed by atoms with Crippen LogP contribution in [0.25, 0.3) is 0 Å². The normalized spacial score (nSPS) is 28.9. The van der Waals surface area contributed by atoms with Gasteiger partial charge in [0.05, 0.1) is 23.6 Å². The fourth-order valence-electron chi connectivity index (χ4n) is 4.75. The maximum atomic E-state index is 13.2. The average molecular weight is 437 g/mol. The number of nitrogens with zero attached hydrogens (tertiary/aromatic N) is 2. The first-order chi connectivity index (χ1) is 13.6. The van der Waals surface area contributed by atoms with Gasteiger partial charge in [0.2, 0.25) is 11.8 Å². The summed E-state index contributed by atoms with van der Waals surface area (Å²) in [5.41, 5.74) is 1.60. The minimum atomic E-state index is -0.632. The minimum absolute atomic E-state index is 0.102. The number of halogens is 1. The number of rotatable bonds is 3. The molecule has 0 N–H and O–H groups in total. The highest BCUT2D eigenvalue weighted by molar-refractivity contribution is 9.10. The second-order valence-corrected chi connectivity index (χ2v) is 8.31. The van der Waals surface area contributed by atoms with E-state index >= 15 is 0 Å². The second-order valence-electron chi connectivity index (χ2n) is 7.40. The van der Waals surface area contributed by atoms with Gasteiger partial charge in [-0.1, -0.05) is 52.3 Å². The highest BCUT2D eigenvalue weighted by Crippen LogP contribution is 2.47. The lowest BCUT2D eigenvalue weighted by Gasteiger charge is -2.33. The first kappa shape index (κ1) is 17.5. The number of benzene rings is 2. The molecule has 2 fully saturated rings. The van der Waals surface area contributed by atoms with Gasteiger partial charge in [-0.05, 0) is 35.9 Å². The van der Waals surface area contributed by atoms with Crippen LogP contribution in [-0.2, 0) is 20.9 Å². The molecule has 0 saturated carbocycles. The zero-order valence-electron chi connectivity index (χ0n) is 14.9. The van der Waals surface area contributed by atoms with E-state index in [1.54, 1.807) is 36.4 Å². The van der Waals surface area contributed by atoms with E-state index in [1.165, 1.54) is 4.90 Å². The molecule has 2 bridgehead atoms. The van der Waals surface area contributed by atoms with Crippen LogP contribution < -0.4 is 4.90 Å². The standard InChI is InChI=1S/C22H17BrN2O3/c23-14-6-4-5-13(11-14)12-24-16-9-10-17(26)20(24)19-18(16)21(27)25(22(19)28)15-7-2-1-3-8-15/h1-11,16,18-20H,12H2/t16-,18-,19?,20+/m0/s1. The summed E-state index contributed by atoms with van der Waals surface area (Å²) in [7, 11) is 0. The molecule has 0 radical (unpaired) electrons. The van der Waals surface area contributed by atoms with Gasteiger partial charge in [-0.2, -0.15) is 0 Å². The number of imide groups is 1. The van der Waals surface area contributed by atoms with Crippen molar-refractivity contribution < 1.29 is 14.4 Å². The Morgan fingerprint density at radius 1 is 0.893 bits per heavy atom. The van der Waals surface area contributed by atoms with Crippen LogP contribution in [0.3, 0.4) is 0 Å². The van der Waals surface area contributed by atoms with Crippen molar-refractivity contribution in [3.8, 4) is 0 Å². The monoisotopic (exact) mass is 436 g/mol. The zero-order valence-corrected chi connectivity index (χ0v) is 16.5. The maximum absolute atomic E-state index is 13.2. The van der Waals surface area contributed by atoms with E-state index in [9.17, 15) is 14.4 Å². The van der Waals surface area contributed by atoms with Gasteiger partial charge in [0.15, 0.2) is 5.78 Å². The number of amides is 2. The zero-order chi connectivity index (χ0) is 19.4. The van der Waals surface area contributed by atoms with Gasteiger partial charge < -0.3 is 0 Å². The molecule has 2 amide bonds. The molecule has 6 heteroatoms. The average Bonchev–Trinajstić information content (AvgIpc) is 3.06. The van der Waals surface area contributed by atoms with Gasteiger partial charge in [-0.25, -0.2) is 4.90 Å². The van der Waals surface area contributed by atoms with Crippen LogP contribution in [0.4, 0.5) is 5.69 Å². The molecule has 0 aromatic heterocycles. The summed E-state index contributed by atoms with van der Waals surface area (Å²) in [6.45, 7) is 0.518. The number of para-hydroxylation sites is 1. The fourth-order valence-corrected chi connectivity index (χ4v) is 5.19. The van der Waals surface area contributed by atoms with Crippen molar-refractivity contribution in [2.24, 2.45) is 11.8 Å². The van der Waals surface area contributed by atoms with Crippen molar-refractivity contribution in [3.63, 3.8) is 0 Å². The van der Waals surface area contributed by atoms with E-state index in [-0.39, 0.29) is 23.6 Å². The predicted octanol–water partition coefficient (Wildman–Crippen LogP) is 2.95. The third kappa shape index (κ3) is 2.52. The van der Waals surface area contributed by atoms with Crippen molar-refractivity contribution in [2.45, 2.75) is 18.6 Å². The number of hydrogen-bond donors (Lipinski definition) is 0. The van der Waals surface area contributed by atoms with Gasteiger partial charge in [-0.3, -0.25) is 19.3 Å². The Balaban J connectivity index is 1.52. The lowest BCUT2D eigenvalue weighted by Crippen LogP contribution is -2.48. The molecule has 3 aliphatic heterocycles. The summed E-state index contributed by atoms with van der Waals surface area (Å²) in [6, 6.07) is 16.0. The number of carbonyl (C=O) groups is 3. The number of hydrogen-bond acceptors (Lipinski definition) is 4. The molecule has 2 aromatic rings. The Morgan fingerprint density at radius 3 is 2.39 bits per heavy atom. The smallest absolute Gasteiger partial charge is 0.239 e. The van der Waals surface area contributed by atoms with Crippen molar-refractivity contribution in [2.75, 3.05) is 4.90 Å². The van der Waals surface area contributed by atoms with Crippen LogP contribution in [0.5, 0.6) is 0 Å². The van der Waals surface area contributed by atoms with E-state index in [2.05, 4.69) is 15.9 Å². The quantitative estimate of drug-likeness (QED) is 0.694. The Morgan fingerprint density at radius 2 is 1.64 bits per heavy atom. The lowest BCUT2D eigenvalue weighted by molar-refractivity contribution is -0.129. The second kappa shape index (κ2) is 6.50. The molecule has 5 nitrogen and oxygen atoms in total. The van der Waals surface area contributed by atoms with Gasteiger partial charge >= 0.3 is 0 Å². The number of fused-ring (bicyclic) bond motifs is 5. The maximum Gasteiger partial charge on any atom is 0.239 e. The van der Waals surface area contributed by atoms with Crippen LogP contribution in [-0.4, -0.2) is 34.6 Å².